The van der Waals surface area contributed by atoms with Gasteiger partial charge in [-0.15, -0.1) is 0 Å². The Hall–Kier alpha value is -0.500. The first kappa shape index (κ1) is 35.5. The lowest BCUT2D eigenvalue weighted by Gasteiger charge is -2.12. The van der Waals surface area contributed by atoms with Gasteiger partial charge in [0.1, 0.15) is 5.44 Å². The highest BCUT2D eigenvalue weighted by Crippen LogP contribution is 2.34. The third-order valence-corrected chi connectivity index (χ3v) is 7.87. The summed E-state index contributed by atoms with van der Waals surface area (Å²) >= 11 is 4.30. The average molecular weight is 592 g/mol. The zero-order valence-corrected chi connectivity index (χ0v) is 26.1. The highest BCUT2D eigenvalue weighted by atomic mass is 33.1. The van der Waals surface area contributed by atoms with Crippen molar-refractivity contribution in [3.05, 3.63) is 29.8 Å². The van der Waals surface area contributed by atoms with E-state index in [-0.39, 0.29) is 16.7 Å². The molecule has 38 heavy (non-hydrogen) atoms. The first-order chi connectivity index (χ1) is 18.4. The molecule has 0 saturated heterocycles. The van der Waals surface area contributed by atoms with Crippen molar-refractivity contribution < 1.29 is 23.7 Å². The zero-order valence-electron chi connectivity index (χ0n) is 23.5. The van der Waals surface area contributed by atoms with Gasteiger partial charge in [0, 0.05) is 36.0 Å². The lowest BCUT2D eigenvalue weighted by atomic mass is 10.1. The second-order valence-corrected chi connectivity index (χ2v) is 12.4. The van der Waals surface area contributed by atoms with Crippen molar-refractivity contribution in [3.8, 4) is 0 Å². The summed E-state index contributed by atoms with van der Waals surface area (Å²) in [5, 5.41) is 9.71. The van der Waals surface area contributed by atoms with E-state index in [1.807, 2.05) is 31.2 Å². The summed E-state index contributed by atoms with van der Waals surface area (Å²) in [6, 6.07) is 8.58. The molecule has 0 aliphatic carbocycles. The predicted molar refractivity (Wildman–Crippen MR) is 163 cm³/mol. The Balaban J connectivity index is 1.99. The summed E-state index contributed by atoms with van der Waals surface area (Å²) in [4.78, 5) is 13.3. The number of carbonyl (C=O) groups is 1. The van der Waals surface area contributed by atoms with Gasteiger partial charge in [0.25, 0.3) is 0 Å². The molecule has 0 spiro atoms. The summed E-state index contributed by atoms with van der Waals surface area (Å²) in [7, 11) is 3.39. The second-order valence-electron chi connectivity index (χ2n) is 9.07. The van der Waals surface area contributed by atoms with E-state index in [9.17, 15) is 4.79 Å². The molecular formula is C27H49N3O5S3. The fourth-order valence-corrected chi connectivity index (χ4v) is 5.09. The van der Waals surface area contributed by atoms with Crippen molar-refractivity contribution in [1.82, 2.24) is 16.0 Å². The Kier molecular flexibility index (Phi) is 22.7. The van der Waals surface area contributed by atoms with E-state index >= 15 is 0 Å². The fraction of sp³-hybridized carbons (Fsp3) is 0.741. The number of hydrogen-bond acceptors (Lipinski definition) is 10. The van der Waals surface area contributed by atoms with Crippen LogP contribution in [0.1, 0.15) is 46.1 Å². The summed E-state index contributed by atoms with van der Waals surface area (Å²) in [6.45, 7) is 14.7. The van der Waals surface area contributed by atoms with E-state index in [1.165, 1.54) is 0 Å². The van der Waals surface area contributed by atoms with Crippen LogP contribution in [0, 0.1) is 0 Å². The highest BCUT2D eigenvalue weighted by molar-refractivity contribution is 8.76. The molecule has 0 saturated carbocycles. The van der Waals surface area contributed by atoms with Gasteiger partial charge in [0.2, 0.25) is 5.91 Å². The number of carbonyl (C=O) groups excluding carboxylic acids is 1. The first-order valence-corrected chi connectivity index (χ1v) is 16.3. The van der Waals surface area contributed by atoms with Crippen molar-refractivity contribution in [2.24, 2.45) is 0 Å². The number of thiol groups is 1. The van der Waals surface area contributed by atoms with Gasteiger partial charge in [-0.2, -0.15) is 12.6 Å². The third-order valence-electron chi connectivity index (χ3n) is 5.04. The molecule has 0 aliphatic rings. The third kappa shape index (κ3) is 22.3. The largest absolute Gasteiger partial charge is 0.378 e. The van der Waals surface area contributed by atoms with Gasteiger partial charge < -0.3 is 34.9 Å². The summed E-state index contributed by atoms with van der Waals surface area (Å²) in [5.74, 6) is -0.00946. The molecule has 2 atom stereocenters. The van der Waals surface area contributed by atoms with E-state index < -0.39 is 0 Å². The lowest BCUT2D eigenvalue weighted by molar-refractivity contribution is -0.120. The number of amides is 1. The van der Waals surface area contributed by atoms with Crippen LogP contribution in [0.5, 0.6) is 0 Å². The van der Waals surface area contributed by atoms with Crippen LogP contribution < -0.4 is 16.0 Å². The molecular weight excluding hydrogens is 543 g/mol. The van der Waals surface area contributed by atoms with E-state index in [0.717, 1.165) is 43.0 Å². The van der Waals surface area contributed by atoms with Crippen LogP contribution in [0.3, 0.4) is 0 Å². The van der Waals surface area contributed by atoms with Gasteiger partial charge >= 0.3 is 0 Å². The van der Waals surface area contributed by atoms with E-state index in [1.54, 1.807) is 21.6 Å². The van der Waals surface area contributed by atoms with Crippen LogP contribution in [0.2, 0.25) is 0 Å². The van der Waals surface area contributed by atoms with Crippen LogP contribution in [-0.4, -0.2) is 88.6 Å². The van der Waals surface area contributed by atoms with Crippen molar-refractivity contribution in [2.45, 2.75) is 68.7 Å². The van der Waals surface area contributed by atoms with Gasteiger partial charge in [-0.3, -0.25) is 4.79 Å². The summed E-state index contributed by atoms with van der Waals surface area (Å²) in [5.41, 5.74) is 1.11. The molecule has 220 valence electrons. The minimum atomic E-state index is -0.00946. The van der Waals surface area contributed by atoms with Gasteiger partial charge in [-0.05, 0) is 50.9 Å². The van der Waals surface area contributed by atoms with Gasteiger partial charge in [-0.25, -0.2) is 0 Å². The maximum Gasteiger partial charge on any atom is 0.224 e. The Morgan fingerprint density at radius 2 is 1.45 bits per heavy atom. The molecule has 0 radical (unpaired) electrons. The van der Waals surface area contributed by atoms with Gasteiger partial charge in [0.05, 0.1) is 46.1 Å². The first-order valence-electron chi connectivity index (χ1n) is 13.6. The van der Waals surface area contributed by atoms with Crippen LogP contribution in [-0.2, 0) is 30.2 Å². The molecule has 11 heteroatoms. The molecule has 8 nitrogen and oxygen atoms in total. The topological polar surface area (TPSA) is 90.1 Å². The molecule has 2 unspecified atom stereocenters. The van der Waals surface area contributed by atoms with Gasteiger partial charge in [-0.1, -0.05) is 47.6 Å². The molecule has 0 fully saturated rings. The Morgan fingerprint density at radius 1 is 0.816 bits per heavy atom. The highest BCUT2D eigenvalue weighted by Gasteiger charge is 2.07. The zero-order chi connectivity index (χ0) is 27.8. The van der Waals surface area contributed by atoms with Crippen LogP contribution >= 0.6 is 34.2 Å². The molecule has 3 N–H and O–H groups in total. The minimum absolute atomic E-state index is 0.00946. The minimum Gasteiger partial charge on any atom is -0.378 e. The Morgan fingerprint density at radius 3 is 2.08 bits per heavy atom. The van der Waals surface area contributed by atoms with Crippen LogP contribution in [0.15, 0.2) is 29.2 Å². The lowest BCUT2D eigenvalue weighted by Crippen LogP contribution is -2.29. The Labute approximate surface area is 243 Å². The van der Waals surface area contributed by atoms with Crippen molar-refractivity contribution in [3.63, 3.8) is 0 Å². The maximum absolute atomic E-state index is 12.2. The quantitative estimate of drug-likeness (QED) is 0.0580. The standard InChI is InChI=1S/C27H49N3O5S3/c1-22(2)28-12-15-32-17-19-34-20-18-33-16-13-30-27(31)21-25-7-9-26(10-8-25)38-37-24(4)35-14-6-5-11-29-23(3)36/h7-10,22-24,28-29,36H,5-6,11-21H2,1-4H3,(H,30,31). The van der Waals surface area contributed by atoms with E-state index in [0.29, 0.717) is 58.6 Å². The second kappa shape index (κ2) is 24.3. The number of nitrogens with one attached hydrogen (secondary N) is 3. The summed E-state index contributed by atoms with van der Waals surface area (Å²) in [6.07, 6.45) is 2.47. The average Bonchev–Trinajstić information content (AvgIpc) is 2.88. The number of unbranched alkanes of at least 4 members (excludes halogenated alkanes) is 1. The number of ether oxygens (including phenoxy) is 4. The number of hydrogen-bond donors (Lipinski definition) is 4. The molecule has 1 rings (SSSR count). The van der Waals surface area contributed by atoms with Crippen molar-refractivity contribution in [2.75, 3.05) is 65.9 Å². The van der Waals surface area contributed by atoms with E-state index in [2.05, 4.69) is 49.4 Å². The summed E-state index contributed by atoms with van der Waals surface area (Å²) < 4.78 is 22.3. The molecule has 0 heterocycles. The molecule has 0 aliphatic heterocycles. The molecule has 0 aromatic heterocycles. The SMILES string of the molecule is CC(C)NCCOCCOCCOCCNC(=O)Cc1ccc(SSC(C)OCCCCNC(C)S)cc1. The number of benzene rings is 1. The molecule has 0 bridgehead atoms. The van der Waals surface area contributed by atoms with Crippen LogP contribution in [0.25, 0.3) is 0 Å². The van der Waals surface area contributed by atoms with Crippen molar-refractivity contribution >= 4 is 40.1 Å². The molecule has 1 aromatic carbocycles. The van der Waals surface area contributed by atoms with Gasteiger partial charge in [0.15, 0.2) is 0 Å². The predicted octanol–water partition coefficient (Wildman–Crippen LogP) is 4.14. The smallest absolute Gasteiger partial charge is 0.224 e. The Bertz CT molecular complexity index is 699. The van der Waals surface area contributed by atoms with Crippen LogP contribution in [0.4, 0.5) is 0 Å². The maximum atomic E-state index is 12.2. The monoisotopic (exact) mass is 591 g/mol. The molecule has 1 amide bonds. The molecule has 1 aromatic rings. The fourth-order valence-electron chi connectivity index (χ4n) is 3.07. The van der Waals surface area contributed by atoms with E-state index in [4.69, 9.17) is 18.9 Å². The number of rotatable bonds is 25. The normalized spacial score (nSPS) is 13.1. The van der Waals surface area contributed by atoms with Crippen molar-refractivity contribution in [1.29, 1.82) is 0 Å².